The quantitative estimate of drug-likeness (QED) is 0.875. The van der Waals surface area contributed by atoms with Gasteiger partial charge in [0.2, 0.25) is 11.8 Å². The van der Waals surface area contributed by atoms with Crippen molar-refractivity contribution in [2.24, 2.45) is 5.92 Å². The van der Waals surface area contributed by atoms with E-state index in [1.54, 1.807) is 13.1 Å². The van der Waals surface area contributed by atoms with Gasteiger partial charge in [-0.3, -0.25) is 9.59 Å². The maximum absolute atomic E-state index is 12.2. The minimum absolute atomic E-state index is 0.119. The molecule has 0 aromatic carbocycles. The van der Waals surface area contributed by atoms with E-state index in [1.807, 2.05) is 15.6 Å². The topological polar surface area (TPSA) is 80.1 Å². The molecular weight excluding hydrogens is 342 g/mol. The highest BCUT2D eigenvalue weighted by atomic mass is 16.2. The molecule has 2 fully saturated rings. The van der Waals surface area contributed by atoms with Crippen LogP contribution >= 0.6 is 0 Å². The van der Waals surface area contributed by atoms with E-state index >= 15 is 0 Å². The van der Waals surface area contributed by atoms with Gasteiger partial charge in [-0.1, -0.05) is 12.8 Å². The normalized spacial score (nSPS) is 20.5. The Labute approximate surface area is 159 Å². The van der Waals surface area contributed by atoms with Crippen LogP contribution in [-0.4, -0.2) is 51.1 Å². The van der Waals surface area contributed by atoms with Crippen molar-refractivity contribution >= 4 is 22.8 Å². The van der Waals surface area contributed by atoms with E-state index in [2.05, 4.69) is 16.4 Å². The molecule has 2 aliphatic rings. The summed E-state index contributed by atoms with van der Waals surface area (Å²) in [6, 6.07) is 3.98. The lowest BCUT2D eigenvalue weighted by Crippen LogP contribution is -2.32. The highest BCUT2D eigenvalue weighted by molar-refractivity contribution is 5.80. The Hall–Kier alpha value is -2.44. The molecule has 0 radical (unpaired) electrons. The number of aromatic nitrogens is 3. The van der Waals surface area contributed by atoms with Crippen molar-refractivity contribution < 1.29 is 9.59 Å². The fraction of sp³-hybridized carbons (Fsp3) is 0.600. The second-order valence-electron chi connectivity index (χ2n) is 7.71. The molecule has 0 bridgehead atoms. The molecule has 27 heavy (non-hydrogen) atoms. The van der Waals surface area contributed by atoms with Crippen LogP contribution in [0.5, 0.6) is 0 Å². The lowest BCUT2D eigenvalue weighted by atomic mass is 10.0. The predicted molar refractivity (Wildman–Crippen MR) is 102 cm³/mol. The molecule has 0 spiro atoms. The summed E-state index contributed by atoms with van der Waals surface area (Å²) in [5.41, 5.74) is 1.87. The van der Waals surface area contributed by atoms with Crippen LogP contribution in [0.1, 0.15) is 50.6 Å². The van der Waals surface area contributed by atoms with Crippen LogP contribution in [0.4, 0.5) is 0 Å². The third kappa shape index (κ3) is 3.68. The number of pyridine rings is 1. The molecule has 4 rings (SSSR count). The first-order chi connectivity index (χ1) is 13.1. The molecule has 1 saturated heterocycles. The molecule has 0 unspecified atom stereocenters. The lowest BCUT2D eigenvalue weighted by molar-refractivity contribution is -0.128. The average Bonchev–Trinajstić information content (AvgIpc) is 3.41. The molecule has 1 saturated carbocycles. The van der Waals surface area contributed by atoms with Crippen molar-refractivity contribution in [1.29, 1.82) is 0 Å². The summed E-state index contributed by atoms with van der Waals surface area (Å²) in [6.07, 6.45) is 7.05. The largest absolute Gasteiger partial charge is 0.354 e. The van der Waals surface area contributed by atoms with Crippen molar-refractivity contribution in [3.05, 3.63) is 24.0 Å². The van der Waals surface area contributed by atoms with Crippen LogP contribution < -0.4 is 5.32 Å². The smallest absolute Gasteiger partial charge is 0.223 e. The van der Waals surface area contributed by atoms with Crippen molar-refractivity contribution in [2.45, 2.75) is 51.5 Å². The Bertz CT molecular complexity index is 840. The molecule has 7 nitrogen and oxygen atoms in total. The Morgan fingerprint density at radius 2 is 2.07 bits per heavy atom. The monoisotopic (exact) mass is 369 g/mol. The van der Waals surface area contributed by atoms with Crippen molar-refractivity contribution in [1.82, 2.24) is 25.0 Å². The van der Waals surface area contributed by atoms with Gasteiger partial charge in [0.1, 0.15) is 0 Å². The highest BCUT2D eigenvalue weighted by Crippen LogP contribution is 2.31. The molecule has 1 N–H and O–H groups in total. The predicted octanol–water partition coefficient (Wildman–Crippen LogP) is 2.07. The van der Waals surface area contributed by atoms with Crippen LogP contribution in [0.25, 0.3) is 11.0 Å². The number of hydrogen-bond donors (Lipinski definition) is 1. The maximum atomic E-state index is 12.2. The maximum Gasteiger partial charge on any atom is 0.223 e. The standard InChI is InChI=1S/C20H27N5O2/c1-14(26)24-11-8-16(13-24)18-17-7-4-9-21-19(17)25(23-18)12-10-22-20(27)15-5-2-3-6-15/h4,7,9,15-16H,2-3,5-6,8,10-13H2,1H3,(H,22,27)/t16-/m1/s1. The molecule has 2 aromatic rings. The van der Waals surface area contributed by atoms with Crippen LogP contribution in [-0.2, 0) is 16.1 Å². The van der Waals surface area contributed by atoms with Gasteiger partial charge in [0.05, 0.1) is 12.2 Å². The van der Waals surface area contributed by atoms with E-state index in [0.29, 0.717) is 13.1 Å². The Kier molecular flexibility index (Phi) is 5.09. The number of nitrogens with one attached hydrogen (secondary N) is 1. The lowest BCUT2D eigenvalue weighted by Gasteiger charge is -2.13. The number of nitrogens with zero attached hydrogens (tertiary/aromatic N) is 4. The van der Waals surface area contributed by atoms with Gasteiger partial charge in [-0.05, 0) is 31.4 Å². The van der Waals surface area contributed by atoms with Gasteiger partial charge in [0.15, 0.2) is 5.65 Å². The van der Waals surface area contributed by atoms with Crippen molar-refractivity contribution in [3.63, 3.8) is 0 Å². The van der Waals surface area contributed by atoms with E-state index < -0.39 is 0 Å². The third-order valence-corrected chi connectivity index (χ3v) is 5.90. The molecule has 7 heteroatoms. The minimum Gasteiger partial charge on any atom is -0.354 e. The zero-order valence-electron chi connectivity index (χ0n) is 15.9. The second kappa shape index (κ2) is 7.66. The Balaban J connectivity index is 1.47. The van der Waals surface area contributed by atoms with E-state index in [0.717, 1.165) is 61.9 Å². The van der Waals surface area contributed by atoms with Crippen LogP contribution in [0.3, 0.4) is 0 Å². The van der Waals surface area contributed by atoms with Gasteiger partial charge in [0, 0.05) is 50.0 Å². The SMILES string of the molecule is CC(=O)N1CC[C@@H](c2nn(CCNC(=O)C3CCCC3)c3ncccc23)C1. The van der Waals surface area contributed by atoms with Crippen molar-refractivity contribution in [2.75, 3.05) is 19.6 Å². The summed E-state index contributed by atoms with van der Waals surface area (Å²) in [4.78, 5) is 30.3. The fourth-order valence-corrected chi connectivity index (χ4v) is 4.38. The Morgan fingerprint density at radius 3 is 2.81 bits per heavy atom. The van der Waals surface area contributed by atoms with Gasteiger partial charge in [-0.2, -0.15) is 5.10 Å². The van der Waals surface area contributed by atoms with E-state index in [1.165, 1.54) is 0 Å². The molecule has 144 valence electrons. The third-order valence-electron chi connectivity index (χ3n) is 5.90. The van der Waals surface area contributed by atoms with Gasteiger partial charge >= 0.3 is 0 Å². The van der Waals surface area contributed by atoms with Gasteiger partial charge < -0.3 is 10.2 Å². The molecular formula is C20H27N5O2. The first kappa shape index (κ1) is 17.9. The highest BCUT2D eigenvalue weighted by Gasteiger charge is 2.29. The molecule has 1 atom stereocenters. The van der Waals surface area contributed by atoms with Crippen LogP contribution in [0, 0.1) is 5.92 Å². The van der Waals surface area contributed by atoms with E-state index in [-0.39, 0.29) is 23.7 Å². The fourth-order valence-electron chi connectivity index (χ4n) is 4.38. The molecule has 1 aliphatic carbocycles. The molecule has 2 aromatic heterocycles. The summed E-state index contributed by atoms with van der Waals surface area (Å²) < 4.78 is 1.90. The van der Waals surface area contributed by atoms with Gasteiger partial charge in [-0.15, -0.1) is 0 Å². The zero-order valence-corrected chi connectivity index (χ0v) is 15.9. The number of rotatable bonds is 5. The Morgan fingerprint density at radius 1 is 1.26 bits per heavy atom. The summed E-state index contributed by atoms with van der Waals surface area (Å²) in [5, 5.41) is 8.93. The number of amides is 2. The number of carbonyl (C=O) groups excluding carboxylic acids is 2. The summed E-state index contributed by atoms with van der Waals surface area (Å²) in [6.45, 7) is 4.29. The zero-order chi connectivity index (χ0) is 18.8. The van der Waals surface area contributed by atoms with Crippen molar-refractivity contribution in [3.8, 4) is 0 Å². The first-order valence-corrected chi connectivity index (χ1v) is 9.98. The number of hydrogen-bond acceptors (Lipinski definition) is 4. The van der Waals surface area contributed by atoms with E-state index in [9.17, 15) is 9.59 Å². The first-order valence-electron chi connectivity index (χ1n) is 9.98. The van der Waals surface area contributed by atoms with Gasteiger partial charge in [-0.25, -0.2) is 9.67 Å². The molecule has 2 amide bonds. The second-order valence-corrected chi connectivity index (χ2v) is 7.71. The van der Waals surface area contributed by atoms with Crippen LogP contribution in [0.2, 0.25) is 0 Å². The minimum atomic E-state index is 0.119. The van der Waals surface area contributed by atoms with Gasteiger partial charge in [0.25, 0.3) is 0 Å². The summed E-state index contributed by atoms with van der Waals surface area (Å²) in [5.74, 6) is 0.720. The average molecular weight is 369 g/mol. The number of likely N-dealkylation sites (tertiary alicyclic amines) is 1. The molecule has 3 heterocycles. The number of carbonyl (C=O) groups is 2. The van der Waals surface area contributed by atoms with Crippen LogP contribution in [0.15, 0.2) is 18.3 Å². The molecule has 1 aliphatic heterocycles. The number of fused-ring (bicyclic) bond motifs is 1. The van der Waals surface area contributed by atoms with E-state index in [4.69, 9.17) is 5.10 Å². The summed E-state index contributed by atoms with van der Waals surface area (Å²) in [7, 11) is 0. The summed E-state index contributed by atoms with van der Waals surface area (Å²) >= 11 is 0.